The Labute approximate surface area is 333 Å². The van der Waals surface area contributed by atoms with Gasteiger partial charge >= 0.3 is 6.09 Å². The highest BCUT2D eigenvalue weighted by molar-refractivity contribution is 7.91. The smallest absolute Gasteiger partial charge is 0.408 e. The number of alkyl carbamates (subject to hydrolysis) is 1. The molecule has 1 aromatic heterocycles. The highest BCUT2D eigenvalue weighted by Gasteiger charge is 2.64. The lowest BCUT2D eigenvalue weighted by atomic mass is 9.86. The number of ether oxygens (including phenoxy) is 3. The number of carbonyl (C=O) groups is 4. The number of rotatable bonds is 7. The predicted octanol–water partition coefficient (Wildman–Crippen LogP) is 4.83. The Hall–Kier alpha value is -4.40. The maximum Gasteiger partial charge on any atom is 0.408 e. The molecule has 57 heavy (non-hydrogen) atoms. The molecule has 4 aliphatic carbocycles. The molecule has 1 aromatic carbocycles. The van der Waals surface area contributed by atoms with Crippen molar-refractivity contribution in [2.75, 3.05) is 13.7 Å². The Morgan fingerprint density at radius 3 is 2.53 bits per heavy atom. The van der Waals surface area contributed by atoms with Gasteiger partial charge in [0.1, 0.15) is 40.3 Å². The van der Waals surface area contributed by atoms with E-state index in [-0.39, 0.29) is 25.3 Å². The van der Waals surface area contributed by atoms with Crippen molar-refractivity contribution in [3.8, 4) is 11.5 Å². The number of pyridine rings is 1. The minimum atomic E-state index is -3.98. The van der Waals surface area contributed by atoms with E-state index in [2.05, 4.69) is 15.4 Å². The van der Waals surface area contributed by atoms with Gasteiger partial charge in [0.15, 0.2) is 0 Å². The van der Waals surface area contributed by atoms with E-state index >= 15 is 0 Å². The van der Waals surface area contributed by atoms with Crippen molar-refractivity contribution in [3.05, 3.63) is 41.6 Å². The summed E-state index contributed by atoms with van der Waals surface area (Å²) in [7, 11) is -2.36. The van der Waals surface area contributed by atoms with E-state index in [1.807, 2.05) is 37.3 Å². The molecule has 9 rings (SSSR count). The topological polar surface area (TPSA) is 182 Å². The quantitative estimate of drug-likeness (QED) is 0.328. The van der Waals surface area contributed by atoms with Crippen LogP contribution in [0.15, 0.2) is 30.4 Å². The van der Waals surface area contributed by atoms with Crippen LogP contribution in [0.4, 0.5) is 4.79 Å². The SMILES string of the molecule is COc1ccc2c3c(c(C4CC4)nc2c1)OC1(CC3)CC2C(=O)NC3(C(=O)NS(=O)(=O)C4(C)CC4)CC3C=CCCCCCC(NC(=O)OC3(C)CC3)C(=O)N2C1. The van der Waals surface area contributed by atoms with Crippen molar-refractivity contribution in [3.63, 3.8) is 0 Å². The molecule has 4 amide bonds. The van der Waals surface area contributed by atoms with Crippen molar-refractivity contribution in [1.82, 2.24) is 25.2 Å². The Bertz CT molecular complexity index is 2180. The third kappa shape index (κ3) is 7.11. The first kappa shape index (κ1) is 38.1. The first-order valence-corrected chi connectivity index (χ1v) is 22.2. The number of benzene rings is 1. The van der Waals surface area contributed by atoms with Gasteiger partial charge in [0.2, 0.25) is 21.8 Å². The van der Waals surface area contributed by atoms with Gasteiger partial charge < -0.3 is 29.7 Å². The van der Waals surface area contributed by atoms with Crippen LogP contribution in [0.25, 0.3) is 10.9 Å². The summed E-state index contributed by atoms with van der Waals surface area (Å²) in [5.74, 6) is -0.519. The average Bonchev–Trinajstić information content (AvgIpc) is 4.00. The zero-order chi connectivity index (χ0) is 40.0. The molecular weight excluding hydrogens is 751 g/mol. The summed E-state index contributed by atoms with van der Waals surface area (Å²) < 4.78 is 46.1. The van der Waals surface area contributed by atoms with Gasteiger partial charge in [-0.1, -0.05) is 25.0 Å². The molecular formula is C42H53N5O9S. The molecule has 15 heteroatoms. The Balaban J connectivity index is 1.06. The number of sulfonamides is 1. The minimum absolute atomic E-state index is 0.0777. The number of allylic oxidation sites excluding steroid dienone is 1. The largest absolute Gasteiger partial charge is 0.497 e. The summed E-state index contributed by atoms with van der Waals surface area (Å²) >= 11 is 0. The molecule has 5 unspecified atom stereocenters. The van der Waals surface area contributed by atoms with E-state index < -0.39 is 73.3 Å². The van der Waals surface area contributed by atoms with E-state index in [9.17, 15) is 27.6 Å². The van der Waals surface area contributed by atoms with E-state index in [1.165, 1.54) is 4.90 Å². The third-order valence-corrected chi connectivity index (χ3v) is 15.7. The van der Waals surface area contributed by atoms with Crippen LogP contribution >= 0.6 is 0 Å². The lowest BCUT2D eigenvalue weighted by Gasteiger charge is -2.37. The normalized spacial score (nSPS) is 31.4. The number of carbonyl (C=O) groups excluding carboxylic acids is 4. The lowest BCUT2D eigenvalue weighted by Crippen LogP contribution is -2.58. The van der Waals surface area contributed by atoms with Gasteiger partial charge in [-0.25, -0.2) is 18.2 Å². The predicted molar refractivity (Wildman–Crippen MR) is 209 cm³/mol. The fraction of sp³-hybridized carbons (Fsp3) is 0.643. The molecule has 0 bridgehead atoms. The second-order valence-corrected chi connectivity index (χ2v) is 20.4. The van der Waals surface area contributed by atoms with Gasteiger partial charge in [-0.3, -0.25) is 19.1 Å². The van der Waals surface area contributed by atoms with Crippen LogP contribution in [0.5, 0.6) is 11.5 Å². The van der Waals surface area contributed by atoms with E-state index in [0.29, 0.717) is 56.4 Å². The molecule has 7 aliphatic rings. The van der Waals surface area contributed by atoms with Crippen LogP contribution in [0.2, 0.25) is 0 Å². The molecule has 14 nitrogen and oxygen atoms in total. The molecule has 0 radical (unpaired) electrons. The molecule has 5 atom stereocenters. The number of aromatic nitrogens is 1. The second kappa shape index (κ2) is 13.6. The van der Waals surface area contributed by atoms with Crippen LogP contribution < -0.4 is 24.8 Å². The maximum atomic E-state index is 14.9. The number of hydrogen-bond donors (Lipinski definition) is 3. The van der Waals surface area contributed by atoms with Gasteiger partial charge in [-0.2, -0.15) is 0 Å². The van der Waals surface area contributed by atoms with Crippen LogP contribution in [0.3, 0.4) is 0 Å². The van der Waals surface area contributed by atoms with Gasteiger partial charge in [-0.15, -0.1) is 0 Å². The third-order valence-electron chi connectivity index (χ3n) is 13.6. The Kier molecular flexibility index (Phi) is 9.09. The molecule has 2 aromatic rings. The number of aryl methyl sites for hydroxylation is 1. The van der Waals surface area contributed by atoms with Gasteiger partial charge in [0.25, 0.3) is 5.91 Å². The summed E-state index contributed by atoms with van der Waals surface area (Å²) in [4.78, 5) is 63.4. The second-order valence-electron chi connectivity index (χ2n) is 18.2. The summed E-state index contributed by atoms with van der Waals surface area (Å²) in [5, 5.41) is 6.80. The number of nitrogens with zero attached hydrogens (tertiary/aromatic N) is 2. The number of amides is 4. The van der Waals surface area contributed by atoms with Gasteiger partial charge in [-0.05, 0) is 103 Å². The lowest BCUT2D eigenvalue weighted by molar-refractivity contribution is -0.141. The summed E-state index contributed by atoms with van der Waals surface area (Å²) in [6.07, 6.45) is 12.4. The van der Waals surface area contributed by atoms with E-state index in [4.69, 9.17) is 19.2 Å². The van der Waals surface area contributed by atoms with Crippen LogP contribution in [0, 0.1) is 5.92 Å². The molecule has 4 saturated carbocycles. The number of fused-ring (bicyclic) bond motifs is 5. The first-order chi connectivity index (χ1) is 27.2. The fourth-order valence-electron chi connectivity index (χ4n) is 8.97. The standard InChI is InChI=1S/C42H53N5O9S/c1-39(17-18-39)56-38(51)44-30-10-8-6-4-5-7-9-26-22-42(26,37(50)46-57(52,53)40(2)19-20-40)45-35(48)32-23-41(24-47(32)36(30)49)16-15-29-28-14-13-27(54-3)21-31(28)43-33(25-11-12-25)34(29)55-41/h7,9,13-14,21,25-26,30,32H,4-6,8,10-12,15-20,22-24H2,1-3H3,(H,44,51)(H,45,48)(H,46,50). The Morgan fingerprint density at radius 2 is 1.81 bits per heavy atom. The molecule has 3 aliphatic heterocycles. The molecule has 1 spiro atoms. The van der Waals surface area contributed by atoms with Crippen molar-refractivity contribution < 1.29 is 41.8 Å². The summed E-state index contributed by atoms with van der Waals surface area (Å²) in [6, 6.07) is 3.82. The van der Waals surface area contributed by atoms with Gasteiger partial charge in [0, 0.05) is 35.3 Å². The summed E-state index contributed by atoms with van der Waals surface area (Å²) in [5.41, 5.74) is -0.268. The fourth-order valence-corrected chi connectivity index (χ4v) is 10.3. The molecule has 306 valence electrons. The number of nitrogens with one attached hydrogen (secondary N) is 3. The van der Waals surface area contributed by atoms with Gasteiger partial charge in [0.05, 0.1) is 29.6 Å². The monoisotopic (exact) mass is 803 g/mol. The van der Waals surface area contributed by atoms with Crippen LogP contribution in [-0.2, 0) is 35.6 Å². The van der Waals surface area contributed by atoms with Crippen molar-refractivity contribution in [1.29, 1.82) is 0 Å². The number of hydrogen-bond acceptors (Lipinski definition) is 10. The molecule has 1 saturated heterocycles. The van der Waals surface area contributed by atoms with Crippen LogP contribution in [0.1, 0.15) is 121 Å². The maximum absolute atomic E-state index is 14.9. The van der Waals surface area contributed by atoms with Crippen molar-refractivity contribution in [2.45, 2.75) is 150 Å². The van der Waals surface area contributed by atoms with Crippen molar-refractivity contribution >= 4 is 44.7 Å². The Morgan fingerprint density at radius 1 is 1.02 bits per heavy atom. The number of methoxy groups -OCH3 is 1. The molecule has 4 heterocycles. The minimum Gasteiger partial charge on any atom is -0.497 e. The van der Waals surface area contributed by atoms with E-state index in [1.54, 1.807) is 14.0 Å². The van der Waals surface area contributed by atoms with Crippen molar-refractivity contribution in [2.24, 2.45) is 5.92 Å². The summed E-state index contributed by atoms with van der Waals surface area (Å²) in [6.45, 7) is 3.55. The molecule has 3 N–H and O–H groups in total. The molecule has 5 fully saturated rings. The first-order valence-electron chi connectivity index (χ1n) is 20.7. The highest BCUT2D eigenvalue weighted by Crippen LogP contribution is 2.52. The van der Waals surface area contributed by atoms with Crippen LogP contribution in [-0.4, -0.2) is 89.3 Å². The zero-order valence-corrected chi connectivity index (χ0v) is 33.8. The highest BCUT2D eigenvalue weighted by atomic mass is 32.2. The van der Waals surface area contributed by atoms with E-state index in [0.717, 1.165) is 60.7 Å². The average molecular weight is 804 g/mol. The zero-order valence-electron chi connectivity index (χ0n) is 33.0.